The molecule has 0 atom stereocenters. The van der Waals surface area contributed by atoms with Gasteiger partial charge in [0.15, 0.2) is 11.6 Å². The highest BCUT2D eigenvalue weighted by molar-refractivity contribution is 5.78. The monoisotopic (exact) mass is 381 g/mol. The number of amides is 1. The molecular formula is C22H24FN3O2. The van der Waals surface area contributed by atoms with Crippen molar-refractivity contribution in [2.75, 3.05) is 14.2 Å². The van der Waals surface area contributed by atoms with Crippen LogP contribution in [0.5, 0.6) is 5.75 Å². The van der Waals surface area contributed by atoms with Gasteiger partial charge in [0, 0.05) is 24.8 Å². The lowest BCUT2D eigenvalue weighted by molar-refractivity contribution is -0.129. The van der Waals surface area contributed by atoms with Gasteiger partial charge in [-0.3, -0.25) is 4.79 Å². The van der Waals surface area contributed by atoms with Crippen molar-refractivity contribution in [2.24, 2.45) is 0 Å². The minimum absolute atomic E-state index is 0.0872. The fourth-order valence-electron chi connectivity index (χ4n) is 3.18. The van der Waals surface area contributed by atoms with Crippen LogP contribution in [0.25, 0.3) is 5.69 Å². The number of benzene rings is 2. The second-order valence-electron chi connectivity index (χ2n) is 6.79. The lowest BCUT2D eigenvalue weighted by Crippen LogP contribution is -2.28. The van der Waals surface area contributed by atoms with Gasteiger partial charge < -0.3 is 9.64 Å². The van der Waals surface area contributed by atoms with Crippen LogP contribution in [0.4, 0.5) is 4.39 Å². The fourth-order valence-corrected chi connectivity index (χ4v) is 3.18. The first kappa shape index (κ1) is 19.6. The Morgan fingerprint density at radius 2 is 1.89 bits per heavy atom. The van der Waals surface area contributed by atoms with Crippen LogP contribution in [-0.4, -0.2) is 34.7 Å². The summed E-state index contributed by atoms with van der Waals surface area (Å²) in [6, 6.07) is 14.5. The lowest BCUT2D eigenvalue weighted by atomic mass is 10.1. The molecule has 1 heterocycles. The number of ether oxygens (including phenoxy) is 1. The summed E-state index contributed by atoms with van der Waals surface area (Å²) < 4.78 is 20.7. The average Bonchev–Trinajstić information content (AvgIpc) is 2.97. The van der Waals surface area contributed by atoms with Crippen molar-refractivity contribution < 1.29 is 13.9 Å². The summed E-state index contributed by atoms with van der Waals surface area (Å²) in [5.41, 5.74) is 4.50. The quantitative estimate of drug-likeness (QED) is 0.652. The number of rotatable bonds is 6. The van der Waals surface area contributed by atoms with E-state index in [9.17, 15) is 9.18 Å². The van der Waals surface area contributed by atoms with E-state index in [2.05, 4.69) is 5.10 Å². The minimum atomic E-state index is -0.466. The highest BCUT2D eigenvalue weighted by Crippen LogP contribution is 2.21. The van der Waals surface area contributed by atoms with E-state index >= 15 is 0 Å². The summed E-state index contributed by atoms with van der Waals surface area (Å²) in [4.78, 5) is 14.3. The molecule has 0 fully saturated rings. The number of carbonyl (C=O) groups excluding carboxylic acids is 1. The molecular weight excluding hydrogens is 357 g/mol. The molecule has 5 nitrogen and oxygen atoms in total. The normalized spacial score (nSPS) is 10.8. The SMILES string of the molecule is COc1ccc(CC(=O)N(C)Cc2c(C)nn(-c3ccccc3)c2C)cc1F. The third-order valence-corrected chi connectivity index (χ3v) is 4.83. The van der Waals surface area contributed by atoms with Gasteiger partial charge in [0.25, 0.3) is 0 Å². The molecule has 0 saturated carbocycles. The minimum Gasteiger partial charge on any atom is -0.494 e. The van der Waals surface area contributed by atoms with Crippen LogP contribution in [0, 0.1) is 19.7 Å². The Hall–Kier alpha value is -3.15. The van der Waals surface area contributed by atoms with Crippen molar-refractivity contribution >= 4 is 5.91 Å². The van der Waals surface area contributed by atoms with Gasteiger partial charge in [0.2, 0.25) is 5.91 Å². The predicted octanol–water partition coefficient (Wildman–Crippen LogP) is 3.84. The average molecular weight is 381 g/mol. The van der Waals surface area contributed by atoms with Crippen molar-refractivity contribution in [1.82, 2.24) is 14.7 Å². The maximum atomic E-state index is 13.9. The van der Waals surface area contributed by atoms with Gasteiger partial charge in [-0.2, -0.15) is 5.10 Å². The molecule has 0 saturated heterocycles. The molecule has 0 aliphatic heterocycles. The van der Waals surface area contributed by atoms with E-state index in [1.54, 1.807) is 18.0 Å². The summed E-state index contributed by atoms with van der Waals surface area (Å²) in [6.07, 6.45) is 0.127. The van der Waals surface area contributed by atoms with Crippen LogP contribution in [0.2, 0.25) is 0 Å². The zero-order chi connectivity index (χ0) is 20.3. The Morgan fingerprint density at radius 3 is 2.54 bits per heavy atom. The standard InChI is InChI=1S/C22H24FN3O2/c1-15-19(16(2)26(24-15)18-8-6-5-7-9-18)14-25(3)22(27)13-17-10-11-21(28-4)20(23)12-17/h5-12H,13-14H2,1-4H3. The summed E-state index contributed by atoms with van der Waals surface area (Å²) >= 11 is 0. The Balaban J connectivity index is 1.74. The Bertz CT molecular complexity index is 983. The second kappa shape index (κ2) is 8.25. The summed E-state index contributed by atoms with van der Waals surface area (Å²) in [5.74, 6) is -0.383. The highest BCUT2D eigenvalue weighted by Gasteiger charge is 2.18. The number of nitrogens with zero attached hydrogens (tertiary/aromatic N) is 3. The maximum Gasteiger partial charge on any atom is 0.227 e. The Labute approximate surface area is 164 Å². The van der Waals surface area contributed by atoms with E-state index in [0.717, 1.165) is 22.6 Å². The van der Waals surface area contributed by atoms with Crippen LogP contribution in [0.15, 0.2) is 48.5 Å². The van der Waals surface area contributed by atoms with Gasteiger partial charge in [-0.25, -0.2) is 9.07 Å². The zero-order valence-electron chi connectivity index (χ0n) is 16.6. The summed E-state index contributed by atoms with van der Waals surface area (Å²) in [7, 11) is 3.16. The van der Waals surface area contributed by atoms with E-state index in [4.69, 9.17) is 4.74 Å². The third-order valence-electron chi connectivity index (χ3n) is 4.83. The van der Waals surface area contributed by atoms with Crippen molar-refractivity contribution in [3.63, 3.8) is 0 Å². The molecule has 3 aromatic rings. The van der Waals surface area contributed by atoms with Crippen LogP contribution < -0.4 is 4.74 Å². The number of likely N-dealkylation sites (N-methyl/N-ethyl adjacent to an activating group) is 1. The van der Waals surface area contributed by atoms with Crippen molar-refractivity contribution in [3.05, 3.63) is 76.9 Å². The van der Waals surface area contributed by atoms with E-state index in [0.29, 0.717) is 12.1 Å². The Kier molecular flexibility index (Phi) is 5.78. The van der Waals surface area contributed by atoms with Crippen molar-refractivity contribution in [1.29, 1.82) is 0 Å². The van der Waals surface area contributed by atoms with Gasteiger partial charge in [-0.1, -0.05) is 24.3 Å². The van der Waals surface area contributed by atoms with E-state index < -0.39 is 5.82 Å². The van der Waals surface area contributed by atoms with E-state index in [1.165, 1.54) is 19.2 Å². The molecule has 0 aliphatic carbocycles. The molecule has 146 valence electrons. The first-order valence-corrected chi connectivity index (χ1v) is 9.07. The number of aryl methyl sites for hydroxylation is 1. The molecule has 1 aromatic heterocycles. The van der Waals surface area contributed by atoms with E-state index in [-0.39, 0.29) is 18.1 Å². The molecule has 0 radical (unpaired) electrons. The predicted molar refractivity (Wildman–Crippen MR) is 106 cm³/mol. The topological polar surface area (TPSA) is 47.4 Å². The van der Waals surface area contributed by atoms with Crippen molar-refractivity contribution in [3.8, 4) is 11.4 Å². The van der Waals surface area contributed by atoms with E-state index in [1.807, 2.05) is 48.9 Å². The molecule has 2 aromatic carbocycles. The van der Waals surface area contributed by atoms with Crippen LogP contribution >= 0.6 is 0 Å². The lowest BCUT2D eigenvalue weighted by Gasteiger charge is -2.18. The van der Waals surface area contributed by atoms with Gasteiger partial charge in [0.1, 0.15) is 0 Å². The third kappa shape index (κ3) is 4.06. The molecule has 6 heteroatoms. The first-order chi connectivity index (χ1) is 13.4. The smallest absolute Gasteiger partial charge is 0.227 e. The first-order valence-electron chi connectivity index (χ1n) is 9.07. The van der Waals surface area contributed by atoms with Gasteiger partial charge in [-0.05, 0) is 43.7 Å². The number of hydrogen-bond acceptors (Lipinski definition) is 3. The van der Waals surface area contributed by atoms with Crippen molar-refractivity contribution in [2.45, 2.75) is 26.8 Å². The highest BCUT2D eigenvalue weighted by atomic mass is 19.1. The zero-order valence-corrected chi connectivity index (χ0v) is 16.6. The largest absolute Gasteiger partial charge is 0.494 e. The molecule has 0 spiro atoms. The molecule has 3 rings (SSSR count). The van der Waals surface area contributed by atoms with Gasteiger partial charge in [-0.15, -0.1) is 0 Å². The number of halogens is 1. The molecule has 0 aliphatic rings. The number of carbonyl (C=O) groups is 1. The maximum absolute atomic E-state index is 13.9. The molecule has 28 heavy (non-hydrogen) atoms. The summed E-state index contributed by atoms with van der Waals surface area (Å²) in [6.45, 7) is 4.39. The summed E-state index contributed by atoms with van der Waals surface area (Å²) in [5, 5.41) is 4.62. The van der Waals surface area contributed by atoms with Crippen LogP contribution in [-0.2, 0) is 17.8 Å². The number of hydrogen-bond donors (Lipinski definition) is 0. The number of para-hydroxylation sites is 1. The molecule has 1 amide bonds. The number of methoxy groups -OCH3 is 1. The van der Waals surface area contributed by atoms with Crippen LogP contribution in [0.1, 0.15) is 22.5 Å². The second-order valence-corrected chi connectivity index (χ2v) is 6.79. The van der Waals surface area contributed by atoms with Crippen LogP contribution in [0.3, 0.4) is 0 Å². The Morgan fingerprint density at radius 1 is 1.18 bits per heavy atom. The fraction of sp³-hybridized carbons (Fsp3) is 0.273. The molecule has 0 unspecified atom stereocenters. The van der Waals surface area contributed by atoms with Gasteiger partial charge >= 0.3 is 0 Å². The molecule has 0 bridgehead atoms. The van der Waals surface area contributed by atoms with Gasteiger partial charge in [0.05, 0.1) is 24.9 Å². The number of aromatic nitrogens is 2. The molecule has 0 N–H and O–H groups in total.